The molecule has 126 valence electrons. The Bertz CT molecular complexity index is 747. The number of nitro groups is 1. The number of rotatable bonds is 3. The van der Waals surface area contributed by atoms with Gasteiger partial charge in [0.15, 0.2) is 4.90 Å². The Morgan fingerprint density at radius 2 is 1.83 bits per heavy atom. The smallest absolute Gasteiger partial charge is 0.289 e. The van der Waals surface area contributed by atoms with Crippen molar-refractivity contribution >= 4 is 15.7 Å². The molecule has 1 aromatic rings. The summed E-state index contributed by atoms with van der Waals surface area (Å²) in [6.07, 6.45) is 2.77. The SMILES string of the molecule is Cc1cc([N+](=O)[O-])c(S(=O)(=O)N2CCC3CCC(C2)N3)cc1C. The van der Waals surface area contributed by atoms with E-state index in [1.54, 1.807) is 13.8 Å². The predicted octanol–water partition coefficient (Wildman–Crippen LogP) is 1.73. The summed E-state index contributed by atoms with van der Waals surface area (Å²) in [7, 11) is -3.87. The number of sulfonamides is 1. The third kappa shape index (κ3) is 2.98. The minimum absolute atomic E-state index is 0.142. The second kappa shape index (κ2) is 5.85. The predicted molar refractivity (Wildman–Crippen MR) is 85.9 cm³/mol. The van der Waals surface area contributed by atoms with Gasteiger partial charge in [0.2, 0.25) is 10.0 Å². The zero-order valence-electron chi connectivity index (χ0n) is 13.3. The van der Waals surface area contributed by atoms with E-state index in [-0.39, 0.29) is 16.6 Å². The quantitative estimate of drug-likeness (QED) is 0.669. The van der Waals surface area contributed by atoms with Crippen molar-refractivity contribution < 1.29 is 13.3 Å². The molecule has 2 saturated heterocycles. The van der Waals surface area contributed by atoms with Gasteiger partial charge in [-0.1, -0.05) is 0 Å². The first-order valence-corrected chi connectivity index (χ1v) is 9.25. The summed E-state index contributed by atoms with van der Waals surface area (Å²) in [4.78, 5) is 10.5. The molecule has 0 radical (unpaired) electrons. The fraction of sp³-hybridized carbons (Fsp3) is 0.600. The molecule has 2 atom stereocenters. The molecular formula is C15H21N3O4S. The molecule has 0 aromatic heterocycles. The first kappa shape index (κ1) is 16.4. The van der Waals surface area contributed by atoms with Crippen LogP contribution in [0.3, 0.4) is 0 Å². The average Bonchev–Trinajstić information content (AvgIpc) is 2.79. The summed E-state index contributed by atoms with van der Waals surface area (Å²) in [6, 6.07) is 3.28. The molecule has 3 rings (SSSR count). The molecule has 2 unspecified atom stereocenters. The van der Waals surface area contributed by atoms with Crippen molar-refractivity contribution in [1.29, 1.82) is 0 Å². The molecule has 0 saturated carbocycles. The third-order valence-corrected chi connectivity index (χ3v) is 6.77. The van der Waals surface area contributed by atoms with Crippen molar-refractivity contribution in [3.63, 3.8) is 0 Å². The Balaban J connectivity index is 2.02. The number of hydrogen-bond acceptors (Lipinski definition) is 5. The van der Waals surface area contributed by atoms with Crippen LogP contribution in [0.1, 0.15) is 30.4 Å². The molecule has 23 heavy (non-hydrogen) atoms. The number of fused-ring (bicyclic) bond motifs is 2. The van der Waals surface area contributed by atoms with Gasteiger partial charge in [-0.15, -0.1) is 0 Å². The van der Waals surface area contributed by atoms with Crippen LogP contribution in [0.15, 0.2) is 17.0 Å². The maximum Gasteiger partial charge on any atom is 0.289 e. The first-order valence-electron chi connectivity index (χ1n) is 7.81. The zero-order chi connectivity index (χ0) is 16.8. The van der Waals surface area contributed by atoms with E-state index in [4.69, 9.17) is 0 Å². The molecule has 2 fully saturated rings. The van der Waals surface area contributed by atoms with E-state index in [9.17, 15) is 18.5 Å². The second-order valence-corrected chi connectivity index (χ2v) is 8.36. The van der Waals surface area contributed by atoms with Gasteiger partial charge in [0.25, 0.3) is 5.69 Å². The van der Waals surface area contributed by atoms with Crippen molar-refractivity contribution in [3.05, 3.63) is 33.4 Å². The van der Waals surface area contributed by atoms with Crippen molar-refractivity contribution in [1.82, 2.24) is 9.62 Å². The summed E-state index contributed by atoms with van der Waals surface area (Å²) >= 11 is 0. The van der Waals surface area contributed by atoms with Crippen molar-refractivity contribution in [3.8, 4) is 0 Å². The van der Waals surface area contributed by atoms with Crippen LogP contribution in [-0.2, 0) is 10.0 Å². The highest BCUT2D eigenvalue weighted by Crippen LogP contribution is 2.32. The Labute approximate surface area is 135 Å². The molecule has 2 bridgehead atoms. The Kier molecular flexibility index (Phi) is 4.16. The number of nitrogens with zero attached hydrogens (tertiary/aromatic N) is 2. The van der Waals surface area contributed by atoms with Crippen LogP contribution in [0.5, 0.6) is 0 Å². The lowest BCUT2D eigenvalue weighted by atomic mass is 10.1. The summed E-state index contributed by atoms with van der Waals surface area (Å²) in [5.41, 5.74) is 1.12. The minimum Gasteiger partial charge on any atom is -0.310 e. The Hall–Kier alpha value is -1.51. The Morgan fingerprint density at radius 3 is 2.52 bits per heavy atom. The molecule has 1 N–H and O–H groups in total. The van der Waals surface area contributed by atoms with Gasteiger partial charge >= 0.3 is 0 Å². The van der Waals surface area contributed by atoms with Gasteiger partial charge in [-0.2, -0.15) is 4.31 Å². The van der Waals surface area contributed by atoms with Crippen LogP contribution in [-0.4, -0.2) is 42.8 Å². The van der Waals surface area contributed by atoms with Gasteiger partial charge in [-0.25, -0.2) is 8.42 Å². The largest absolute Gasteiger partial charge is 0.310 e. The zero-order valence-corrected chi connectivity index (χ0v) is 14.1. The molecule has 1 aromatic carbocycles. The molecule has 0 aliphatic carbocycles. The van der Waals surface area contributed by atoms with Crippen LogP contribution in [0, 0.1) is 24.0 Å². The van der Waals surface area contributed by atoms with Crippen LogP contribution in [0.25, 0.3) is 0 Å². The third-order valence-electron chi connectivity index (χ3n) is 4.88. The summed E-state index contributed by atoms with van der Waals surface area (Å²) < 4.78 is 27.4. The van der Waals surface area contributed by atoms with Crippen LogP contribution in [0.4, 0.5) is 5.69 Å². The molecule has 2 aliphatic rings. The van der Waals surface area contributed by atoms with Gasteiger partial charge < -0.3 is 5.32 Å². The first-order chi connectivity index (χ1) is 10.8. The highest BCUT2D eigenvalue weighted by atomic mass is 32.2. The van der Waals surface area contributed by atoms with Crippen LogP contribution < -0.4 is 5.32 Å². The van der Waals surface area contributed by atoms with Crippen LogP contribution in [0.2, 0.25) is 0 Å². The Morgan fingerprint density at radius 1 is 1.17 bits per heavy atom. The molecule has 0 amide bonds. The maximum absolute atomic E-state index is 13.0. The molecule has 0 spiro atoms. The van der Waals surface area contributed by atoms with E-state index >= 15 is 0 Å². The fourth-order valence-corrected chi connectivity index (χ4v) is 5.12. The van der Waals surface area contributed by atoms with E-state index in [0.717, 1.165) is 24.8 Å². The summed E-state index contributed by atoms with van der Waals surface area (Å²) in [5, 5.41) is 14.7. The normalized spacial score (nSPS) is 25.3. The van der Waals surface area contributed by atoms with Gasteiger partial charge in [-0.05, 0) is 50.3 Å². The maximum atomic E-state index is 13.0. The summed E-state index contributed by atoms with van der Waals surface area (Å²) in [6.45, 7) is 4.29. The van der Waals surface area contributed by atoms with Crippen molar-refractivity contribution in [2.75, 3.05) is 13.1 Å². The highest BCUT2D eigenvalue weighted by molar-refractivity contribution is 7.89. The number of hydrogen-bond donors (Lipinski definition) is 1. The highest BCUT2D eigenvalue weighted by Gasteiger charge is 2.37. The number of nitro benzene ring substituents is 1. The van der Waals surface area contributed by atoms with E-state index in [2.05, 4.69) is 5.32 Å². The molecule has 8 heteroatoms. The van der Waals surface area contributed by atoms with E-state index in [1.807, 2.05) is 0 Å². The number of benzene rings is 1. The fourth-order valence-electron chi connectivity index (χ4n) is 3.39. The number of aryl methyl sites for hydroxylation is 2. The lowest BCUT2D eigenvalue weighted by Gasteiger charge is -2.23. The van der Waals surface area contributed by atoms with E-state index < -0.39 is 14.9 Å². The molecule has 2 heterocycles. The van der Waals surface area contributed by atoms with Crippen molar-refractivity contribution in [2.45, 2.75) is 50.1 Å². The van der Waals surface area contributed by atoms with Crippen molar-refractivity contribution in [2.24, 2.45) is 0 Å². The minimum atomic E-state index is -3.87. The van der Waals surface area contributed by atoms with Gasteiger partial charge in [0.1, 0.15) is 0 Å². The molecular weight excluding hydrogens is 318 g/mol. The summed E-state index contributed by atoms with van der Waals surface area (Å²) in [5.74, 6) is 0. The molecule has 2 aliphatic heterocycles. The van der Waals surface area contributed by atoms with Crippen LogP contribution >= 0.6 is 0 Å². The molecule has 7 nitrogen and oxygen atoms in total. The van der Waals surface area contributed by atoms with E-state index in [0.29, 0.717) is 24.7 Å². The van der Waals surface area contributed by atoms with Gasteiger partial charge in [-0.3, -0.25) is 10.1 Å². The topological polar surface area (TPSA) is 92.5 Å². The lowest BCUT2D eigenvalue weighted by molar-refractivity contribution is -0.387. The van der Waals surface area contributed by atoms with E-state index in [1.165, 1.54) is 16.4 Å². The van der Waals surface area contributed by atoms with Gasteiger partial charge in [0, 0.05) is 31.2 Å². The lowest BCUT2D eigenvalue weighted by Crippen LogP contribution is -2.39. The standard InChI is InChI=1S/C15H21N3O4S/c1-10-7-14(18(19)20)15(8-11(10)2)23(21,22)17-6-5-12-3-4-13(9-17)16-12/h7-8,12-13,16H,3-6,9H2,1-2H3. The average molecular weight is 339 g/mol. The van der Waals surface area contributed by atoms with Gasteiger partial charge in [0.05, 0.1) is 4.92 Å². The monoisotopic (exact) mass is 339 g/mol. The number of nitrogens with one attached hydrogen (secondary N) is 1. The second-order valence-electron chi connectivity index (χ2n) is 6.45.